The minimum atomic E-state index is 0.978. The summed E-state index contributed by atoms with van der Waals surface area (Å²) in [5.74, 6) is 0. The van der Waals surface area contributed by atoms with Crippen LogP contribution >= 0.6 is 11.6 Å². The number of halogens is 1. The molecule has 0 atom stereocenters. The highest BCUT2D eigenvalue weighted by atomic mass is 35.5. The molecule has 14 heavy (non-hydrogen) atoms. The van der Waals surface area contributed by atoms with E-state index in [2.05, 4.69) is 17.4 Å². The molecule has 1 aromatic carbocycles. The first kappa shape index (κ1) is 10.0. The van der Waals surface area contributed by atoms with Crippen molar-refractivity contribution in [2.45, 2.75) is 25.7 Å². The van der Waals surface area contributed by atoms with E-state index in [1.165, 1.54) is 36.0 Å². The van der Waals surface area contributed by atoms with Gasteiger partial charge in [-0.25, -0.2) is 0 Å². The summed E-state index contributed by atoms with van der Waals surface area (Å²) in [6.07, 6.45) is 4.72. The zero-order chi connectivity index (χ0) is 9.97. The van der Waals surface area contributed by atoms with Gasteiger partial charge in [0.2, 0.25) is 0 Å². The Labute approximate surface area is 90.5 Å². The summed E-state index contributed by atoms with van der Waals surface area (Å²) in [5.41, 5.74) is 4.23. The molecule has 0 amide bonds. The smallest absolute Gasteiger partial charge is 0.0443 e. The molecule has 1 nitrogen and oxygen atoms in total. The van der Waals surface area contributed by atoms with Crippen LogP contribution in [0.4, 0.5) is 0 Å². The van der Waals surface area contributed by atoms with Crippen molar-refractivity contribution in [3.8, 4) is 0 Å². The van der Waals surface area contributed by atoms with Gasteiger partial charge in [0, 0.05) is 5.02 Å². The van der Waals surface area contributed by atoms with Crippen LogP contribution in [0.3, 0.4) is 0 Å². The summed E-state index contributed by atoms with van der Waals surface area (Å²) in [5, 5.41) is 4.14. The van der Waals surface area contributed by atoms with Crippen molar-refractivity contribution in [1.82, 2.24) is 5.32 Å². The van der Waals surface area contributed by atoms with E-state index in [9.17, 15) is 0 Å². The van der Waals surface area contributed by atoms with Crippen LogP contribution in [-0.2, 0) is 19.3 Å². The van der Waals surface area contributed by atoms with Crippen molar-refractivity contribution in [2.75, 3.05) is 13.6 Å². The molecular weight excluding hydrogens is 194 g/mol. The van der Waals surface area contributed by atoms with Gasteiger partial charge in [-0.3, -0.25) is 0 Å². The number of aryl methyl sites for hydroxylation is 1. The maximum Gasteiger partial charge on any atom is 0.0443 e. The molecular formula is C12H16ClN. The number of fused-ring (bicyclic) bond motifs is 1. The Morgan fingerprint density at radius 3 is 3.00 bits per heavy atom. The molecule has 0 heterocycles. The van der Waals surface area contributed by atoms with Crippen molar-refractivity contribution < 1.29 is 0 Å². The molecule has 1 aliphatic rings. The van der Waals surface area contributed by atoms with E-state index in [0.29, 0.717) is 0 Å². The van der Waals surface area contributed by atoms with Gasteiger partial charge in [-0.05, 0) is 62.0 Å². The van der Waals surface area contributed by atoms with Crippen molar-refractivity contribution in [3.05, 3.63) is 33.8 Å². The standard InChI is InChI=1S/C12H16ClN/c1-14-6-5-9-7-10-3-2-4-11(10)12(13)8-9/h7-8,14H,2-6H2,1H3. The van der Waals surface area contributed by atoms with E-state index in [0.717, 1.165) is 18.0 Å². The Morgan fingerprint density at radius 1 is 1.36 bits per heavy atom. The molecule has 0 bridgehead atoms. The molecule has 1 N–H and O–H groups in total. The van der Waals surface area contributed by atoms with Gasteiger partial charge in [-0.1, -0.05) is 17.7 Å². The molecule has 2 rings (SSSR count). The van der Waals surface area contributed by atoms with Gasteiger partial charge in [0.25, 0.3) is 0 Å². The number of hydrogen-bond donors (Lipinski definition) is 1. The van der Waals surface area contributed by atoms with Gasteiger partial charge in [0.1, 0.15) is 0 Å². The Kier molecular flexibility index (Phi) is 3.09. The molecule has 1 aromatic rings. The van der Waals surface area contributed by atoms with E-state index in [1.54, 1.807) is 0 Å². The van der Waals surface area contributed by atoms with Gasteiger partial charge >= 0.3 is 0 Å². The van der Waals surface area contributed by atoms with Gasteiger partial charge in [-0.15, -0.1) is 0 Å². The molecule has 1 aliphatic carbocycles. The molecule has 0 saturated carbocycles. The number of hydrogen-bond acceptors (Lipinski definition) is 1. The summed E-state index contributed by atoms with van der Waals surface area (Å²) in [6.45, 7) is 1.02. The van der Waals surface area contributed by atoms with Gasteiger partial charge in [0.05, 0.1) is 0 Å². The SMILES string of the molecule is CNCCc1cc(Cl)c2c(c1)CCC2. The van der Waals surface area contributed by atoms with Crippen molar-refractivity contribution >= 4 is 11.6 Å². The lowest BCUT2D eigenvalue weighted by molar-refractivity contribution is 0.791. The highest BCUT2D eigenvalue weighted by Gasteiger charge is 2.14. The van der Waals surface area contributed by atoms with E-state index < -0.39 is 0 Å². The average Bonchev–Trinajstić information content (AvgIpc) is 2.63. The summed E-state index contributed by atoms with van der Waals surface area (Å²) >= 11 is 6.23. The maximum absolute atomic E-state index is 6.23. The van der Waals surface area contributed by atoms with E-state index in [4.69, 9.17) is 11.6 Å². The summed E-state index contributed by atoms with van der Waals surface area (Å²) in [6, 6.07) is 4.45. The van der Waals surface area contributed by atoms with Crippen LogP contribution in [0.1, 0.15) is 23.1 Å². The Balaban J connectivity index is 2.23. The maximum atomic E-state index is 6.23. The molecule has 0 aromatic heterocycles. The van der Waals surface area contributed by atoms with Gasteiger partial charge in [-0.2, -0.15) is 0 Å². The first-order valence-corrected chi connectivity index (χ1v) is 5.64. The number of rotatable bonds is 3. The van der Waals surface area contributed by atoms with E-state index in [1.807, 2.05) is 7.05 Å². The topological polar surface area (TPSA) is 12.0 Å². The Hall–Kier alpha value is -0.530. The third kappa shape index (κ3) is 1.94. The Morgan fingerprint density at radius 2 is 2.21 bits per heavy atom. The van der Waals surface area contributed by atoms with Gasteiger partial charge in [0.15, 0.2) is 0 Å². The fourth-order valence-electron chi connectivity index (χ4n) is 2.13. The van der Waals surface area contributed by atoms with Crippen LogP contribution in [0, 0.1) is 0 Å². The lowest BCUT2D eigenvalue weighted by Crippen LogP contribution is -2.10. The normalized spacial score (nSPS) is 14.4. The second-order valence-electron chi connectivity index (χ2n) is 3.92. The molecule has 0 fully saturated rings. The minimum absolute atomic E-state index is 0.978. The molecule has 0 aliphatic heterocycles. The lowest BCUT2D eigenvalue weighted by Gasteiger charge is -2.07. The molecule has 0 unspecified atom stereocenters. The quantitative estimate of drug-likeness (QED) is 0.807. The fraction of sp³-hybridized carbons (Fsp3) is 0.500. The largest absolute Gasteiger partial charge is 0.319 e. The third-order valence-corrected chi connectivity index (χ3v) is 3.22. The second kappa shape index (κ2) is 4.33. The molecule has 76 valence electrons. The van der Waals surface area contributed by atoms with E-state index >= 15 is 0 Å². The van der Waals surface area contributed by atoms with Crippen LogP contribution in [-0.4, -0.2) is 13.6 Å². The molecule has 2 heteroatoms. The van der Waals surface area contributed by atoms with Gasteiger partial charge < -0.3 is 5.32 Å². The third-order valence-electron chi connectivity index (χ3n) is 2.88. The lowest BCUT2D eigenvalue weighted by atomic mass is 10.0. The highest BCUT2D eigenvalue weighted by molar-refractivity contribution is 6.31. The minimum Gasteiger partial charge on any atom is -0.319 e. The monoisotopic (exact) mass is 209 g/mol. The zero-order valence-electron chi connectivity index (χ0n) is 8.57. The summed E-state index contributed by atoms with van der Waals surface area (Å²) in [7, 11) is 1.98. The number of nitrogens with one attached hydrogen (secondary N) is 1. The van der Waals surface area contributed by atoms with Crippen LogP contribution in [0.25, 0.3) is 0 Å². The summed E-state index contributed by atoms with van der Waals surface area (Å²) < 4.78 is 0. The van der Waals surface area contributed by atoms with Crippen molar-refractivity contribution in [2.24, 2.45) is 0 Å². The average molecular weight is 210 g/mol. The fourth-order valence-corrected chi connectivity index (χ4v) is 2.48. The first-order chi connectivity index (χ1) is 6.81. The van der Waals surface area contributed by atoms with Crippen molar-refractivity contribution in [3.63, 3.8) is 0 Å². The highest BCUT2D eigenvalue weighted by Crippen LogP contribution is 2.30. The predicted molar refractivity (Wildman–Crippen MR) is 61.1 cm³/mol. The first-order valence-electron chi connectivity index (χ1n) is 5.26. The van der Waals surface area contributed by atoms with E-state index in [-0.39, 0.29) is 0 Å². The number of benzene rings is 1. The van der Waals surface area contributed by atoms with Crippen molar-refractivity contribution in [1.29, 1.82) is 0 Å². The second-order valence-corrected chi connectivity index (χ2v) is 4.33. The Bertz CT molecular complexity index is 333. The van der Waals surface area contributed by atoms with Crippen LogP contribution in [0.2, 0.25) is 5.02 Å². The number of likely N-dealkylation sites (N-methyl/N-ethyl adjacent to an activating group) is 1. The zero-order valence-corrected chi connectivity index (χ0v) is 9.32. The van der Waals surface area contributed by atoms with Crippen LogP contribution < -0.4 is 5.32 Å². The molecule has 0 radical (unpaired) electrons. The van der Waals surface area contributed by atoms with Crippen LogP contribution in [0.15, 0.2) is 12.1 Å². The molecule has 0 spiro atoms. The molecule has 0 saturated heterocycles. The summed E-state index contributed by atoms with van der Waals surface area (Å²) in [4.78, 5) is 0. The van der Waals surface area contributed by atoms with Crippen LogP contribution in [0.5, 0.6) is 0 Å². The predicted octanol–water partition coefficient (Wildman–Crippen LogP) is 2.59.